The SMILES string of the molecule is C1=CC(P(C(=Cc2ccccc2)c2ccccc2)(c2ccccc2)(c2ccccc2)C2C=CC=C2)C=C1.[Cl-].[Cl-].[Cl-].[Cl-].[Hf+4]. The zero-order chi connectivity index (χ0) is 25.0. The maximum atomic E-state index is 2.48. The van der Waals surface area contributed by atoms with Crippen molar-refractivity contribution in [3.05, 3.63) is 181 Å². The fourth-order valence-electron chi connectivity index (χ4n) is 6.51. The van der Waals surface area contributed by atoms with Gasteiger partial charge in [0.05, 0.1) is 0 Å². The predicted molar refractivity (Wildman–Crippen MR) is 164 cm³/mol. The van der Waals surface area contributed by atoms with Crippen molar-refractivity contribution in [3.63, 3.8) is 0 Å². The summed E-state index contributed by atoms with van der Waals surface area (Å²) in [5.41, 5.74) is 2.92. The second-order valence-electron chi connectivity index (χ2n) is 9.76. The molecular formula is C36H31Cl4HfP. The molecule has 0 saturated carbocycles. The molecule has 0 N–H and O–H groups in total. The summed E-state index contributed by atoms with van der Waals surface area (Å²) in [5, 5.41) is 4.24. The Morgan fingerprint density at radius 2 is 0.786 bits per heavy atom. The van der Waals surface area contributed by atoms with E-state index in [4.69, 9.17) is 0 Å². The maximum absolute atomic E-state index is 3.31. The third kappa shape index (κ3) is 6.16. The molecule has 0 amide bonds. The van der Waals surface area contributed by atoms with Crippen molar-refractivity contribution >= 4 is 28.6 Å². The Labute approximate surface area is 294 Å². The number of hydrogen-bond donors (Lipinski definition) is 0. The summed E-state index contributed by atoms with van der Waals surface area (Å²) in [6.07, 6.45) is 21.2. The van der Waals surface area contributed by atoms with Crippen molar-refractivity contribution in [1.29, 1.82) is 0 Å². The molecule has 0 nitrogen and oxygen atoms in total. The van der Waals surface area contributed by atoms with E-state index >= 15 is 0 Å². The Bertz CT molecular complexity index is 1440. The van der Waals surface area contributed by atoms with E-state index in [1.807, 2.05) is 0 Å². The first-order chi connectivity index (χ1) is 18.3. The molecule has 0 unspecified atom stereocenters. The van der Waals surface area contributed by atoms with Gasteiger partial charge in [-0.3, -0.25) is 0 Å². The Hall–Kier alpha value is -1.96. The van der Waals surface area contributed by atoms with E-state index in [1.54, 1.807) is 0 Å². The van der Waals surface area contributed by atoms with Gasteiger partial charge in [-0.05, 0) is 0 Å². The normalized spacial score (nSPS) is 14.8. The van der Waals surface area contributed by atoms with Gasteiger partial charge in [-0.2, -0.15) is 0 Å². The van der Waals surface area contributed by atoms with Gasteiger partial charge >= 0.3 is 247 Å². The maximum Gasteiger partial charge on any atom is 4.00 e. The Morgan fingerprint density at radius 1 is 0.452 bits per heavy atom. The predicted octanol–water partition coefficient (Wildman–Crippen LogP) is -3.61. The Morgan fingerprint density at radius 3 is 1.17 bits per heavy atom. The van der Waals surface area contributed by atoms with E-state index in [1.165, 1.54) is 27.1 Å². The number of allylic oxidation sites excluding steroid dienone is 8. The first kappa shape index (κ1) is 38.1. The third-order valence-corrected chi connectivity index (χ3v) is 15.4. The van der Waals surface area contributed by atoms with Crippen LogP contribution in [0.25, 0.3) is 11.4 Å². The summed E-state index contributed by atoms with van der Waals surface area (Å²) in [7, 11) is 0. The zero-order valence-corrected chi connectivity index (χ0v) is 30.4. The van der Waals surface area contributed by atoms with Crippen LogP contribution in [0.1, 0.15) is 11.1 Å². The van der Waals surface area contributed by atoms with Gasteiger partial charge in [-0.25, -0.2) is 0 Å². The van der Waals surface area contributed by atoms with Crippen molar-refractivity contribution in [3.8, 4) is 0 Å². The van der Waals surface area contributed by atoms with Gasteiger partial charge < -0.3 is 49.6 Å². The molecule has 6 heteroatoms. The van der Waals surface area contributed by atoms with Crippen LogP contribution in [0.2, 0.25) is 0 Å². The molecule has 2 aliphatic rings. The van der Waals surface area contributed by atoms with Gasteiger partial charge in [0.25, 0.3) is 0 Å². The summed E-state index contributed by atoms with van der Waals surface area (Å²) in [6, 6.07) is 44.6. The van der Waals surface area contributed by atoms with E-state index in [0.717, 1.165) is 0 Å². The molecule has 0 aliphatic heterocycles. The zero-order valence-electron chi connectivity index (χ0n) is 22.9. The van der Waals surface area contributed by atoms with Crippen LogP contribution in [0, 0.1) is 0 Å². The number of halogens is 4. The second kappa shape index (κ2) is 16.8. The minimum atomic E-state index is -3.31. The fraction of sp³-hybridized carbons (Fsp3) is 0.0556. The molecule has 0 fully saturated rings. The molecule has 212 valence electrons. The van der Waals surface area contributed by atoms with Gasteiger partial charge in [-0.15, -0.1) is 0 Å². The molecule has 4 aromatic rings. The van der Waals surface area contributed by atoms with Crippen LogP contribution in [0.15, 0.2) is 170 Å². The minimum Gasteiger partial charge on any atom is -1.00 e. The molecule has 4 aromatic carbocycles. The van der Waals surface area contributed by atoms with Crippen LogP contribution in [-0.2, 0) is 25.8 Å². The van der Waals surface area contributed by atoms with Crippen molar-refractivity contribution in [1.82, 2.24) is 0 Å². The average Bonchev–Trinajstić information content (AvgIpc) is 3.72. The monoisotopic (exact) mass is 814 g/mol. The smallest absolute Gasteiger partial charge is 1.00 e. The van der Waals surface area contributed by atoms with Crippen LogP contribution in [0.3, 0.4) is 0 Å². The first-order valence-electron chi connectivity index (χ1n) is 13.0. The van der Waals surface area contributed by atoms with Gasteiger partial charge in [0.2, 0.25) is 0 Å². The van der Waals surface area contributed by atoms with Crippen molar-refractivity contribution in [2.75, 3.05) is 0 Å². The summed E-state index contributed by atoms with van der Waals surface area (Å²) in [4.78, 5) is 0. The van der Waals surface area contributed by atoms with Gasteiger partial charge in [0.1, 0.15) is 0 Å². The quantitative estimate of drug-likeness (QED) is 0.103. The number of hydrogen-bond acceptors (Lipinski definition) is 0. The van der Waals surface area contributed by atoms with E-state index in [9.17, 15) is 0 Å². The van der Waals surface area contributed by atoms with Gasteiger partial charge in [-0.1, -0.05) is 0 Å². The van der Waals surface area contributed by atoms with E-state index in [-0.39, 0.29) is 86.8 Å². The standard InChI is InChI=1S/C36H31P.4ClH.Hf/c1-5-17-30(18-6-1)29-36(31-19-7-2-8-20-31)37(34-25-13-14-26-34,35-27-15-16-28-35,32-21-9-3-10-22-32)33-23-11-4-12-24-33;;;;;/h1-29,34-35H;4*1H;/q;;;;;+4/p-4. The summed E-state index contributed by atoms with van der Waals surface area (Å²) in [6.45, 7) is -3.31. The van der Waals surface area contributed by atoms with Crippen LogP contribution >= 0.6 is 6.60 Å². The summed E-state index contributed by atoms with van der Waals surface area (Å²) >= 11 is 0. The molecule has 0 spiro atoms. The molecule has 0 saturated heterocycles. The topological polar surface area (TPSA) is 0 Å². The van der Waals surface area contributed by atoms with E-state index < -0.39 is 6.60 Å². The van der Waals surface area contributed by atoms with Crippen LogP contribution in [-0.4, -0.2) is 11.3 Å². The molecule has 42 heavy (non-hydrogen) atoms. The molecule has 0 bridgehead atoms. The van der Waals surface area contributed by atoms with Crippen LogP contribution in [0.4, 0.5) is 0 Å². The average molecular weight is 815 g/mol. The van der Waals surface area contributed by atoms with Crippen LogP contribution < -0.4 is 60.2 Å². The molecular weight excluding hydrogens is 784 g/mol. The Kier molecular flexibility index (Phi) is 15.2. The molecule has 6 rings (SSSR count). The first-order valence-corrected chi connectivity index (χ1v) is 15.4. The van der Waals surface area contributed by atoms with Gasteiger partial charge in [0, 0.05) is 0 Å². The van der Waals surface area contributed by atoms with Crippen molar-refractivity contribution in [2.24, 2.45) is 0 Å². The Balaban J connectivity index is 0.00000176. The summed E-state index contributed by atoms with van der Waals surface area (Å²) in [5.74, 6) is 0. The molecule has 0 aromatic heterocycles. The largest absolute Gasteiger partial charge is 4.00 e. The second-order valence-corrected chi connectivity index (χ2v) is 15.0. The van der Waals surface area contributed by atoms with E-state index in [2.05, 4.69) is 176 Å². The van der Waals surface area contributed by atoms with Crippen molar-refractivity contribution in [2.45, 2.75) is 11.3 Å². The van der Waals surface area contributed by atoms with Crippen LogP contribution in [0.5, 0.6) is 0 Å². The molecule has 0 heterocycles. The van der Waals surface area contributed by atoms with Crippen molar-refractivity contribution < 1.29 is 75.5 Å². The van der Waals surface area contributed by atoms with Gasteiger partial charge in [0.15, 0.2) is 0 Å². The fourth-order valence-corrected chi connectivity index (χ4v) is 14.4. The summed E-state index contributed by atoms with van der Waals surface area (Å²) < 4.78 is 0. The van der Waals surface area contributed by atoms with E-state index in [0.29, 0.717) is 0 Å². The third-order valence-electron chi connectivity index (χ3n) is 8.01. The number of benzene rings is 4. The minimum absolute atomic E-state index is 0. The molecule has 0 radical (unpaired) electrons. The molecule has 0 atom stereocenters. The molecule has 2 aliphatic carbocycles. The number of rotatable bonds is 7.